The van der Waals surface area contributed by atoms with E-state index in [-0.39, 0.29) is 5.91 Å². The molecule has 5 heteroatoms. The van der Waals surface area contributed by atoms with Crippen molar-refractivity contribution in [1.29, 1.82) is 0 Å². The molecular formula is C13H16BrCl2NO. The van der Waals surface area contributed by atoms with Crippen molar-refractivity contribution in [3.05, 3.63) is 33.3 Å². The van der Waals surface area contributed by atoms with Crippen LogP contribution in [0.2, 0.25) is 5.02 Å². The summed E-state index contributed by atoms with van der Waals surface area (Å²) in [6.07, 6.45) is 1.93. The van der Waals surface area contributed by atoms with E-state index >= 15 is 0 Å². The first-order chi connectivity index (χ1) is 8.58. The van der Waals surface area contributed by atoms with E-state index in [4.69, 9.17) is 23.2 Å². The van der Waals surface area contributed by atoms with Crippen LogP contribution < -0.4 is 5.32 Å². The van der Waals surface area contributed by atoms with Crippen molar-refractivity contribution in [3.8, 4) is 0 Å². The molecule has 0 radical (unpaired) electrons. The number of alkyl halides is 1. The zero-order valence-electron chi connectivity index (χ0n) is 10.2. The van der Waals surface area contributed by atoms with Gasteiger partial charge in [0.1, 0.15) is 0 Å². The van der Waals surface area contributed by atoms with Crippen molar-refractivity contribution in [2.75, 3.05) is 12.4 Å². The Morgan fingerprint density at radius 3 is 2.78 bits per heavy atom. The lowest BCUT2D eigenvalue weighted by atomic mass is 10.0. The van der Waals surface area contributed by atoms with Crippen molar-refractivity contribution < 1.29 is 4.79 Å². The summed E-state index contributed by atoms with van der Waals surface area (Å²) in [7, 11) is 0. The first-order valence-corrected chi connectivity index (χ1v) is 7.58. The minimum absolute atomic E-state index is 0.0911. The van der Waals surface area contributed by atoms with Gasteiger partial charge in [-0.2, -0.15) is 0 Å². The third-order valence-corrected chi connectivity index (χ3v) is 3.93. The molecule has 100 valence electrons. The summed E-state index contributed by atoms with van der Waals surface area (Å²) in [6, 6.07) is 5.13. The molecule has 1 rings (SSSR count). The second kappa shape index (κ2) is 8.03. The number of carbonyl (C=O) groups is 1. The van der Waals surface area contributed by atoms with Gasteiger partial charge in [0, 0.05) is 21.9 Å². The zero-order valence-corrected chi connectivity index (χ0v) is 13.3. The Morgan fingerprint density at radius 2 is 2.22 bits per heavy atom. The summed E-state index contributed by atoms with van der Waals surface area (Å²) in [4.78, 5) is 12.0. The van der Waals surface area contributed by atoms with E-state index in [9.17, 15) is 4.79 Å². The van der Waals surface area contributed by atoms with Gasteiger partial charge in [0.2, 0.25) is 0 Å². The SMILES string of the molecule is CCC(CCCl)CNC(=O)c1ccc(Cl)cc1Br. The van der Waals surface area contributed by atoms with Crippen LogP contribution in [-0.4, -0.2) is 18.3 Å². The molecule has 1 aromatic rings. The molecule has 0 aliphatic carbocycles. The molecule has 1 amide bonds. The third-order valence-electron chi connectivity index (χ3n) is 2.82. The van der Waals surface area contributed by atoms with Crippen LogP contribution in [0.4, 0.5) is 0 Å². The number of hydrogen-bond acceptors (Lipinski definition) is 1. The zero-order chi connectivity index (χ0) is 13.5. The lowest BCUT2D eigenvalue weighted by Crippen LogP contribution is -2.29. The Hall–Kier alpha value is -0.250. The summed E-state index contributed by atoms with van der Waals surface area (Å²) in [5.41, 5.74) is 0.597. The van der Waals surface area contributed by atoms with E-state index in [0.29, 0.717) is 33.4 Å². The second-order valence-corrected chi connectivity index (χ2v) is 5.75. The van der Waals surface area contributed by atoms with Crippen molar-refractivity contribution in [2.45, 2.75) is 19.8 Å². The second-order valence-electron chi connectivity index (χ2n) is 4.09. The van der Waals surface area contributed by atoms with E-state index < -0.39 is 0 Å². The molecule has 18 heavy (non-hydrogen) atoms. The molecule has 0 aromatic heterocycles. The maximum Gasteiger partial charge on any atom is 0.252 e. The Kier molecular flexibility index (Phi) is 7.05. The number of benzene rings is 1. The van der Waals surface area contributed by atoms with Gasteiger partial charge in [-0.3, -0.25) is 4.79 Å². The van der Waals surface area contributed by atoms with Crippen LogP contribution in [-0.2, 0) is 0 Å². The fraction of sp³-hybridized carbons (Fsp3) is 0.462. The first kappa shape index (κ1) is 15.8. The number of hydrogen-bond donors (Lipinski definition) is 1. The molecule has 0 saturated heterocycles. The fourth-order valence-corrected chi connectivity index (χ4v) is 2.78. The average molecular weight is 353 g/mol. The quantitative estimate of drug-likeness (QED) is 0.751. The first-order valence-electron chi connectivity index (χ1n) is 5.87. The number of halogens is 3. The summed E-state index contributed by atoms with van der Waals surface area (Å²) in [6.45, 7) is 2.75. The Bertz CT molecular complexity index is 412. The van der Waals surface area contributed by atoms with Crippen LogP contribution in [0.15, 0.2) is 22.7 Å². The molecule has 0 aliphatic heterocycles. The van der Waals surface area contributed by atoms with Gasteiger partial charge in [-0.25, -0.2) is 0 Å². The van der Waals surface area contributed by atoms with E-state index in [2.05, 4.69) is 28.2 Å². The Morgan fingerprint density at radius 1 is 1.50 bits per heavy atom. The van der Waals surface area contributed by atoms with E-state index in [1.165, 1.54) is 0 Å². The minimum Gasteiger partial charge on any atom is -0.352 e. The van der Waals surface area contributed by atoms with Crippen LogP contribution in [0, 0.1) is 5.92 Å². The van der Waals surface area contributed by atoms with Crippen LogP contribution in [0.5, 0.6) is 0 Å². The molecule has 0 heterocycles. The van der Waals surface area contributed by atoms with Crippen LogP contribution >= 0.6 is 39.1 Å². The van der Waals surface area contributed by atoms with Gasteiger partial charge in [-0.1, -0.05) is 24.9 Å². The van der Waals surface area contributed by atoms with Gasteiger partial charge < -0.3 is 5.32 Å². The highest BCUT2D eigenvalue weighted by atomic mass is 79.9. The molecule has 0 aliphatic rings. The predicted octanol–water partition coefficient (Wildman–Crippen LogP) is 4.49. The van der Waals surface area contributed by atoms with E-state index in [1.54, 1.807) is 18.2 Å². The molecule has 1 atom stereocenters. The largest absolute Gasteiger partial charge is 0.352 e. The van der Waals surface area contributed by atoms with Gasteiger partial charge in [0.15, 0.2) is 0 Å². The topological polar surface area (TPSA) is 29.1 Å². The Balaban J connectivity index is 2.59. The maximum atomic E-state index is 12.0. The average Bonchev–Trinajstić information content (AvgIpc) is 2.34. The maximum absolute atomic E-state index is 12.0. The summed E-state index contributed by atoms with van der Waals surface area (Å²) in [5, 5.41) is 3.53. The molecule has 1 aromatic carbocycles. The minimum atomic E-state index is -0.0911. The van der Waals surface area contributed by atoms with Crippen LogP contribution in [0.3, 0.4) is 0 Å². The molecule has 0 spiro atoms. The molecule has 0 bridgehead atoms. The van der Waals surface area contributed by atoms with Crippen molar-refractivity contribution >= 4 is 45.0 Å². The van der Waals surface area contributed by atoms with Crippen molar-refractivity contribution in [2.24, 2.45) is 5.92 Å². The van der Waals surface area contributed by atoms with Crippen LogP contribution in [0.25, 0.3) is 0 Å². The third kappa shape index (κ3) is 4.79. The van der Waals surface area contributed by atoms with Gasteiger partial charge in [-0.15, -0.1) is 11.6 Å². The van der Waals surface area contributed by atoms with Gasteiger partial charge in [0.05, 0.1) is 5.56 Å². The lowest BCUT2D eigenvalue weighted by molar-refractivity contribution is 0.0945. The highest BCUT2D eigenvalue weighted by Gasteiger charge is 2.12. The summed E-state index contributed by atoms with van der Waals surface area (Å²) in [5.74, 6) is 0.961. The molecule has 1 unspecified atom stereocenters. The molecule has 0 saturated carbocycles. The van der Waals surface area contributed by atoms with Gasteiger partial charge in [-0.05, 0) is 46.5 Å². The number of carbonyl (C=O) groups excluding carboxylic acids is 1. The number of rotatable bonds is 6. The van der Waals surface area contributed by atoms with E-state index in [0.717, 1.165) is 12.8 Å². The molecule has 0 fully saturated rings. The summed E-state index contributed by atoms with van der Waals surface area (Å²) < 4.78 is 0.706. The van der Waals surface area contributed by atoms with Crippen molar-refractivity contribution in [1.82, 2.24) is 5.32 Å². The highest BCUT2D eigenvalue weighted by molar-refractivity contribution is 9.10. The molecule has 2 nitrogen and oxygen atoms in total. The fourth-order valence-electron chi connectivity index (χ4n) is 1.61. The predicted molar refractivity (Wildman–Crippen MR) is 80.6 cm³/mol. The number of amides is 1. The number of nitrogens with one attached hydrogen (secondary N) is 1. The highest BCUT2D eigenvalue weighted by Crippen LogP contribution is 2.21. The Labute approximate surface area is 126 Å². The summed E-state index contributed by atoms with van der Waals surface area (Å²) >= 11 is 14.9. The van der Waals surface area contributed by atoms with E-state index in [1.807, 2.05) is 0 Å². The van der Waals surface area contributed by atoms with Gasteiger partial charge >= 0.3 is 0 Å². The smallest absolute Gasteiger partial charge is 0.252 e. The monoisotopic (exact) mass is 351 g/mol. The molecular weight excluding hydrogens is 337 g/mol. The normalized spacial score (nSPS) is 12.2. The lowest BCUT2D eigenvalue weighted by Gasteiger charge is -2.14. The standard InChI is InChI=1S/C13H16BrCl2NO/c1-2-9(5-6-15)8-17-13(18)11-4-3-10(16)7-12(11)14/h3-4,7,9H,2,5-6,8H2,1H3,(H,17,18). The van der Waals surface area contributed by atoms with Crippen molar-refractivity contribution in [3.63, 3.8) is 0 Å². The molecule has 1 N–H and O–H groups in total. The van der Waals surface area contributed by atoms with Gasteiger partial charge in [0.25, 0.3) is 5.91 Å². The van der Waals surface area contributed by atoms with Crippen LogP contribution in [0.1, 0.15) is 30.1 Å².